The van der Waals surface area contributed by atoms with Crippen LogP contribution in [0.5, 0.6) is 0 Å². The van der Waals surface area contributed by atoms with Gasteiger partial charge in [0.15, 0.2) is 0 Å². The molecule has 1 aliphatic heterocycles. The Bertz CT molecular complexity index is 1120. The normalized spacial score (nSPS) is 14.9. The van der Waals surface area contributed by atoms with Crippen LogP contribution in [0.15, 0.2) is 66.9 Å². The predicted molar refractivity (Wildman–Crippen MR) is 123 cm³/mol. The first-order chi connectivity index (χ1) is 14.9. The fourth-order valence-corrected chi connectivity index (χ4v) is 4.40. The topological polar surface area (TPSA) is 45.6 Å². The number of carbonyl (C=O) groups excluding carboxylic acids is 2. The standard InChI is InChI=1S/C26H29N3O2/c1-5-24(30)28(18(2)3)17-25(31)29-22-13-7-6-12-21(22)27-15-9-14-23(27)26(29)20-11-8-10-19(4)16-20/h6-16,18,26H,5,17H2,1-4H3/t26-/m1/s1. The molecule has 0 N–H and O–H groups in total. The molecule has 4 rings (SSSR count). The number of fused-ring (bicyclic) bond motifs is 3. The summed E-state index contributed by atoms with van der Waals surface area (Å²) >= 11 is 0. The van der Waals surface area contributed by atoms with E-state index in [-0.39, 0.29) is 30.4 Å². The number of rotatable bonds is 5. The van der Waals surface area contributed by atoms with Crippen LogP contribution in [-0.4, -0.2) is 33.9 Å². The first kappa shape index (κ1) is 20.9. The largest absolute Gasteiger partial charge is 0.331 e. The fourth-order valence-electron chi connectivity index (χ4n) is 4.40. The Hall–Kier alpha value is -3.34. The predicted octanol–water partition coefficient (Wildman–Crippen LogP) is 4.87. The van der Waals surface area contributed by atoms with E-state index in [0.29, 0.717) is 6.42 Å². The zero-order valence-corrected chi connectivity index (χ0v) is 18.6. The molecule has 1 aromatic heterocycles. The number of para-hydroxylation sites is 2. The van der Waals surface area contributed by atoms with Crippen molar-refractivity contribution in [1.29, 1.82) is 0 Å². The van der Waals surface area contributed by atoms with Crippen LogP contribution in [-0.2, 0) is 9.59 Å². The Kier molecular flexibility index (Phi) is 5.68. The van der Waals surface area contributed by atoms with Gasteiger partial charge >= 0.3 is 0 Å². The molecule has 0 bridgehead atoms. The monoisotopic (exact) mass is 415 g/mol. The summed E-state index contributed by atoms with van der Waals surface area (Å²) in [5.41, 5.74) is 5.07. The van der Waals surface area contributed by atoms with Gasteiger partial charge in [-0.15, -0.1) is 0 Å². The molecule has 1 aliphatic rings. The minimum absolute atomic E-state index is 0.0101. The van der Waals surface area contributed by atoms with Gasteiger partial charge < -0.3 is 9.47 Å². The number of hydrogen-bond acceptors (Lipinski definition) is 2. The van der Waals surface area contributed by atoms with E-state index < -0.39 is 0 Å². The lowest BCUT2D eigenvalue weighted by molar-refractivity contribution is -0.136. The Balaban J connectivity index is 1.84. The van der Waals surface area contributed by atoms with Gasteiger partial charge in [-0.25, -0.2) is 0 Å². The third-order valence-corrected chi connectivity index (χ3v) is 5.90. The lowest BCUT2D eigenvalue weighted by atomic mass is 9.96. The highest BCUT2D eigenvalue weighted by Gasteiger charge is 2.37. The van der Waals surface area contributed by atoms with Gasteiger partial charge in [0.2, 0.25) is 11.8 Å². The maximum Gasteiger partial charge on any atom is 0.247 e. The van der Waals surface area contributed by atoms with Gasteiger partial charge in [0.1, 0.15) is 12.6 Å². The minimum Gasteiger partial charge on any atom is -0.331 e. The van der Waals surface area contributed by atoms with Crippen molar-refractivity contribution in [2.45, 2.75) is 46.2 Å². The summed E-state index contributed by atoms with van der Waals surface area (Å²) in [6, 6.07) is 20.0. The van der Waals surface area contributed by atoms with Crippen molar-refractivity contribution in [1.82, 2.24) is 9.47 Å². The van der Waals surface area contributed by atoms with Crippen LogP contribution in [0.2, 0.25) is 0 Å². The van der Waals surface area contributed by atoms with E-state index in [9.17, 15) is 9.59 Å². The molecular weight excluding hydrogens is 386 g/mol. The quantitative estimate of drug-likeness (QED) is 0.597. The smallest absolute Gasteiger partial charge is 0.247 e. The van der Waals surface area contributed by atoms with Crippen molar-refractivity contribution >= 4 is 17.5 Å². The van der Waals surface area contributed by atoms with Crippen molar-refractivity contribution in [3.63, 3.8) is 0 Å². The molecule has 0 aliphatic carbocycles. The molecule has 160 valence electrons. The molecule has 0 saturated heterocycles. The van der Waals surface area contributed by atoms with E-state index in [2.05, 4.69) is 35.8 Å². The molecule has 5 nitrogen and oxygen atoms in total. The van der Waals surface area contributed by atoms with Gasteiger partial charge in [0.25, 0.3) is 0 Å². The minimum atomic E-state index is -0.261. The van der Waals surface area contributed by atoms with Crippen LogP contribution < -0.4 is 4.90 Å². The number of anilines is 1. The molecule has 0 unspecified atom stereocenters. The van der Waals surface area contributed by atoms with Gasteiger partial charge in [0, 0.05) is 18.7 Å². The molecular formula is C26H29N3O2. The summed E-state index contributed by atoms with van der Waals surface area (Å²) in [7, 11) is 0. The molecule has 0 fully saturated rings. The summed E-state index contributed by atoms with van der Waals surface area (Å²) in [5.74, 6) is -0.0916. The Labute approximate surface area is 183 Å². The molecule has 5 heteroatoms. The molecule has 0 saturated carbocycles. The number of hydrogen-bond donors (Lipinski definition) is 0. The Morgan fingerprint density at radius 3 is 2.42 bits per heavy atom. The number of carbonyl (C=O) groups is 2. The van der Waals surface area contributed by atoms with Gasteiger partial charge in [-0.3, -0.25) is 14.5 Å². The van der Waals surface area contributed by atoms with E-state index in [1.54, 1.807) is 4.90 Å². The maximum atomic E-state index is 13.8. The first-order valence-corrected chi connectivity index (χ1v) is 10.9. The number of aromatic nitrogens is 1. The molecule has 0 spiro atoms. The maximum absolute atomic E-state index is 13.8. The number of nitrogens with zero attached hydrogens (tertiary/aromatic N) is 3. The highest BCUT2D eigenvalue weighted by Crippen LogP contribution is 2.42. The average molecular weight is 416 g/mol. The zero-order valence-electron chi connectivity index (χ0n) is 18.6. The van der Waals surface area contributed by atoms with Gasteiger partial charge in [-0.1, -0.05) is 48.9 Å². The molecule has 31 heavy (non-hydrogen) atoms. The van der Waals surface area contributed by atoms with E-state index in [1.807, 2.05) is 68.3 Å². The van der Waals surface area contributed by atoms with Crippen molar-refractivity contribution in [2.24, 2.45) is 0 Å². The average Bonchev–Trinajstić information content (AvgIpc) is 3.25. The van der Waals surface area contributed by atoms with Crippen molar-refractivity contribution in [3.05, 3.63) is 83.7 Å². The van der Waals surface area contributed by atoms with Crippen LogP contribution in [0.4, 0.5) is 5.69 Å². The number of amides is 2. The fraction of sp³-hybridized carbons (Fsp3) is 0.308. The number of benzene rings is 2. The summed E-state index contributed by atoms with van der Waals surface area (Å²) in [6.07, 6.45) is 2.42. The van der Waals surface area contributed by atoms with E-state index in [4.69, 9.17) is 0 Å². The van der Waals surface area contributed by atoms with Crippen LogP contribution in [0.1, 0.15) is 50.1 Å². The Morgan fingerprint density at radius 1 is 1.00 bits per heavy atom. The highest BCUT2D eigenvalue weighted by molar-refractivity contribution is 6.00. The molecule has 3 aromatic rings. The summed E-state index contributed by atoms with van der Waals surface area (Å²) in [4.78, 5) is 29.9. The molecule has 1 atom stereocenters. The van der Waals surface area contributed by atoms with Gasteiger partial charge in [-0.05, 0) is 50.6 Å². The summed E-state index contributed by atoms with van der Waals surface area (Å²) < 4.78 is 2.16. The third-order valence-electron chi connectivity index (χ3n) is 5.90. The summed E-state index contributed by atoms with van der Waals surface area (Å²) in [5, 5.41) is 0. The van der Waals surface area contributed by atoms with Crippen LogP contribution in [0.3, 0.4) is 0 Å². The van der Waals surface area contributed by atoms with Gasteiger partial charge in [0.05, 0.1) is 17.1 Å². The van der Waals surface area contributed by atoms with E-state index in [0.717, 1.165) is 28.2 Å². The second kappa shape index (κ2) is 8.42. The first-order valence-electron chi connectivity index (χ1n) is 10.9. The van der Waals surface area contributed by atoms with Crippen molar-refractivity contribution in [3.8, 4) is 5.69 Å². The van der Waals surface area contributed by atoms with Crippen LogP contribution in [0.25, 0.3) is 5.69 Å². The Morgan fingerprint density at radius 2 is 1.74 bits per heavy atom. The lowest BCUT2D eigenvalue weighted by Crippen LogP contribution is -2.48. The molecule has 2 amide bonds. The van der Waals surface area contributed by atoms with Crippen LogP contribution in [0, 0.1) is 6.92 Å². The highest BCUT2D eigenvalue weighted by atomic mass is 16.2. The molecule has 2 heterocycles. The van der Waals surface area contributed by atoms with E-state index in [1.165, 1.54) is 0 Å². The summed E-state index contributed by atoms with van der Waals surface area (Å²) in [6.45, 7) is 7.86. The van der Waals surface area contributed by atoms with E-state index >= 15 is 0 Å². The zero-order chi connectivity index (χ0) is 22.1. The lowest BCUT2D eigenvalue weighted by Gasteiger charge is -2.40. The second-order valence-electron chi connectivity index (χ2n) is 8.34. The number of aryl methyl sites for hydroxylation is 1. The van der Waals surface area contributed by atoms with Crippen molar-refractivity contribution < 1.29 is 9.59 Å². The molecule has 2 aromatic carbocycles. The molecule has 0 radical (unpaired) electrons. The van der Waals surface area contributed by atoms with Gasteiger partial charge in [-0.2, -0.15) is 0 Å². The van der Waals surface area contributed by atoms with Crippen molar-refractivity contribution in [2.75, 3.05) is 11.4 Å². The van der Waals surface area contributed by atoms with Crippen LogP contribution >= 0.6 is 0 Å². The SMILES string of the molecule is CCC(=O)N(CC(=O)N1c2ccccc2-n2cccc2[C@H]1c1cccc(C)c1)C(C)C. The second-order valence-corrected chi connectivity index (χ2v) is 8.34. The third kappa shape index (κ3) is 3.76.